The summed E-state index contributed by atoms with van der Waals surface area (Å²) < 4.78 is 5.67. The van der Waals surface area contributed by atoms with Gasteiger partial charge in [-0.15, -0.1) is 0 Å². The molecule has 1 atom stereocenters. The van der Waals surface area contributed by atoms with Gasteiger partial charge in [0, 0.05) is 12.0 Å². The minimum absolute atomic E-state index is 0.145. The van der Waals surface area contributed by atoms with Gasteiger partial charge in [-0.2, -0.15) is 0 Å². The van der Waals surface area contributed by atoms with E-state index in [0.29, 0.717) is 23.0 Å². The molecule has 0 aromatic carbocycles. The third-order valence-electron chi connectivity index (χ3n) is 2.83. The zero-order valence-corrected chi connectivity index (χ0v) is 9.38. The predicted octanol–water partition coefficient (Wildman–Crippen LogP) is 1.60. The lowest BCUT2D eigenvalue weighted by Gasteiger charge is -2.25. The molecular formula is C9H9IO3. The van der Waals surface area contributed by atoms with Gasteiger partial charge >= 0.3 is 5.97 Å². The van der Waals surface area contributed by atoms with Gasteiger partial charge < -0.3 is 4.74 Å². The molecule has 0 spiro atoms. The van der Waals surface area contributed by atoms with Crippen LogP contribution in [0.25, 0.3) is 0 Å². The van der Waals surface area contributed by atoms with Gasteiger partial charge in [-0.05, 0) is 35.9 Å². The van der Waals surface area contributed by atoms with E-state index in [-0.39, 0.29) is 11.8 Å². The molecule has 2 aliphatic rings. The largest absolute Gasteiger partial charge is 0.460 e. The number of hydrogen-bond donors (Lipinski definition) is 0. The Bertz CT molecular complexity index is 332. The molecule has 3 nitrogen and oxygen atoms in total. The van der Waals surface area contributed by atoms with Crippen molar-refractivity contribution in [2.24, 2.45) is 5.41 Å². The molecule has 13 heavy (non-hydrogen) atoms. The Labute approximate surface area is 89.7 Å². The van der Waals surface area contributed by atoms with E-state index < -0.39 is 5.41 Å². The van der Waals surface area contributed by atoms with Crippen molar-refractivity contribution in [2.45, 2.75) is 19.8 Å². The number of esters is 1. The van der Waals surface area contributed by atoms with Crippen molar-refractivity contribution >= 4 is 34.3 Å². The lowest BCUT2D eigenvalue weighted by Crippen LogP contribution is -2.29. The summed E-state index contributed by atoms with van der Waals surface area (Å²) in [4.78, 5) is 22.8. The topological polar surface area (TPSA) is 43.4 Å². The second-order valence-corrected chi connectivity index (χ2v) is 4.70. The quantitative estimate of drug-likeness (QED) is 0.503. The number of cyclic esters (lactones) is 1. The summed E-state index contributed by atoms with van der Waals surface area (Å²) in [6.07, 6.45) is 1.07. The first-order valence-electron chi connectivity index (χ1n) is 4.15. The van der Waals surface area contributed by atoms with Gasteiger partial charge in [-0.25, -0.2) is 0 Å². The Balaban J connectivity index is 2.54. The van der Waals surface area contributed by atoms with E-state index in [1.807, 2.05) is 29.5 Å². The monoisotopic (exact) mass is 292 g/mol. The van der Waals surface area contributed by atoms with Crippen LogP contribution in [-0.2, 0) is 14.3 Å². The van der Waals surface area contributed by atoms with Gasteiger partial charge in [0.1, 0.15) is 6.61 Å². The molecule has 70 valence electrons. The van der Waals surface area contributed by atoms with Crippen LogP contribution in [0, 0.1) is 5.41 Å². The smallest absolute Gasteiger partial charge is 0.316 e. The number of ether oxygens (including phenoxy) is 1. The van der Waals surface area contributed by atoms with E-state index in [4.69, 9.17) is 4.74 Å². The lowest BCUT2D eigenvalue weighted by molar-refractivity contribution is -0.145. The van der Waals surface area contributed by atoms with E-state index >= 15 is 0 Å². The van der Waals surface area contributed by atoms with Crippen molar-refractivity contribution in [3.05, 3.63) is 9.15 Å². The van der Waals surface area contributed by atoms with Crippen LogP contribution in [0.5, 0.6) is 0 Å². The highest BCUT2D eigenvalue weighted by Crippen LogP contribution is 2.45. The average molecular weight is 292 g/mol. The van der Waals surface area contributed by atoms with E-state index in [0.717, 1.165) is 5.57 Å². The second kappa shape index (κ2) is 2.80. The van der Waals surface area contributed by atoms with Crippen LogP contribution in [0.4, 0.5) is 0 Å². The molecule has 0 aromatic rings. The summed E-state index contributed by atoms with van der Waals surface area (Å²) >= 11 is 2.02. The Morgan fingerprint density at radius 3 is 2.85 bits per heavy atom. The molecule has 4 heteroatoms. The molecule has 1 aliphatic heterocycles. The number of ketones is 1. The first-order valence-corrected chi connectivity index (χ1v) is 5.23. The Morgan fingerprint density at radius 2 is 2.15 bits per heavy atom. The molecule has 1 fully saturated rings. The molecule has 0 radical (unpaired) electrons. The first kappa shape index (κ1) is 9.18. The van der Waals surface area contributed by atoms with Crippen molar-refractivity contribution in [1.82, 2.24) is 0 Å². The maximum atomic E-state index is 11.4. The molecule has 2 rings (SSSR count). The zero-order valence-electron chi connectivity index (χ0n) is 7.22. The number of carbonyl (C=O) groups excluding carboxylic acids is 2. The molecule has 0 saturated carbocycles. The van der Waals surface area contributed by atoms with Crippen molar-refractivity contribution in [1.29, 1.82) is 0 Å². The fourth-order valence-corrected chi connectivity index (χ4v) is 2.80. The normalized spacial score (nSPS) is 33.4. The number of hydrogen-bond acceptors (Lipinski definition) is 3. The summed E-state index contributed by atoms with van der Waals surface area (Å²) in [6, 6.07) is 0. The van der Waals surface area contributed by atoms with E-state index in [2.05, 4.69) is 0 Å². The minimum Gasteiger partial charge on any atom is -0.460 e. The zero-order chi connectivity index (χ0) is 9.64. The van der Waals surface area contributed by atoms with Crippen LogP contribution >= 0.6 is 22.6 Å². The van der Waals surface area contributed by atoms with Crippen LogP contribution in [0.1, 0.15) is 19.8 Å². The summed E-state index contributed by atoms with van der Waals surface area (Å²) in [5.41, 5.74) is 0.374. The van der Waals surface area contributed by atoms with Crippen molar-refractivity contribution in [3.8, 4) is 0 Å². The predicted molar refractivity (Wildman–Crippen MR) is 54.4 cm³/mol. The van der Waals surface area contributed by atoms with Crippen molar-refractivity contribution in [3.63, 3.8) is 0 Å². The number of Topliss-reactive ketones (excluding diaryl/α,β-unsaturated/α-hetero) is 1. The number of fused-ring (bicyclic) bond motifs is 1. The van der Waals surface area contributed by atoms with Crippen LogP contribution in [0.2, 0.25) is 0 Å². The van der Waals surface area contributed by atoms with Crippen LogP contribution in [-0.4, -0.2) is 18.4 Å². The van der Waals surface area contributed by atoms with E-state index in [1.54, 1.807) is 0 Å². The molecule has 1 heterocycles. The standard InChI is InChI=1S/C9H9IO3/c1-9-3-2-6(11)7(10)5(9)4-13-8(9)12/h2-4H2,1H3. The molecule has 0 N–H and O–H groups in total. The SMILES string of the molecule is CC12CCC(=O)C(I)=C1COC2=O. The minimum atomic E-state index is -0.509. The highest BCUT2D eigenvalue weighted by atomic mass is 127. The van der Waals surface area contributed by atoms with E-state index in [9.17, 15) is 9.59 Å². The molecular weight excluding hydrogens is 283 g/mol. The first-order chi connectivity index (χ1) is 6.05. The summed E-state index contributed by atoms with van der Waals surface area (Å²) in [5.74, 6) is -0.0319. The number of allylic oxidation sites excluding steroid dienone is 1. The molecule has 1 saturated heterocycles. The van der Waals surface area contributed by atoms with Crippen LogP contribution < -0.4 is 0 Å². The fraction of sp³-hybridized carbons (Fsp3) is 0.556. The molecule has 1 aliphatic carbocycles. The summed E-state index contributed by atoms with van der Waals surface area (Å²) in [5, 5.41) is 0. The lowest BCUT2D eigenvalue weighted by atomic mass is 9.75. The Hall–Kier alpha value is -0.390. The third kappa shape index (κ3) is 1.14. The average Bonchev–Trinajstić information content (AvgIpc) is 2.39. The molecule has 0 aromatic heterocycles. The molecule has 0 bridgehead atoms. The van der Waals surface area contributed by atoms with Gasteiger partial charge in [0.15, 0.2) is 5.78 Å². The maximum Gasteiger partial charge on any atom is 0.316 e. The second-order valence-electron chi connectivity index (χ2n) is 3.62. The van der Waals surface area contributed by atoms with Crippen molar-refractivity contribution < 1.29 is 14.3 Å². The van der Waals surface area contributed by atoms with Crippen LogP contribution in [0.3, 0.4) is 0 Å². The third-order valence-corrected chi connectivity index (χ3v) is 4.08. The van der Waals surface area contributed by atoms with Crippen LogP contribution in [0.15, 0.2) is 9.15 Å². The van der Waals surface area contributed by atoms with Gasteiger partial charge in [0.05, 0.1) is 8.99 Å². The van der Waals surface area contributed by atoms with Gasteiger partial charge in [-0.3, -0.25) is 9.59 Å². The highest BCUT2D eigenvalue weighted by molar-refractivity contribution is 14.1. The van der Waals surface area contributed by atoms with Gasteiger partial charge in [0.2, 0.25) is 0 Å². The fourth-order valence-electron chi connectivity index (χ4n) is 1.78. The Morgan fingerprint density at radius 1 is 1.46 bits per heavy atom. The Kier molecular flexibility index (Phi) is 1.98. The maximum absolute atomic E-state index is 11.4. The van der Waals surface area contributed by atoms with Gasteiger partial charge in [0.25, 0.3) is 0 Å². The highest BCUT2D eigenvalue weighted by Gasteiger charge is 2.48. The number of halogens is 1. The molecule has 0 amide bonds. The van der Waals surface area contributed by atoms with Gasteiger partial charge in [-0.1, -0.05) is 0 Å². The number of carbonyl (C=O) groups is 2. The summed E-state index contributed by atoms with van der Waals surface area (Å²) in [7, 11) is 0. The van der Waals surface area contributed by atoms with E-state index in [1.165, 1.54) is 0 Å². The van der Waals surface area contributed by atoms with Crippen molar-refractivity contribution in [2.75, 3.05) is 6.61 Å². The molecule has 1 unspecified atom stereocenters. The summed E-state index contributed by atoms with van der Waals surface area (Å²) in [6.45, 7) is 2.17. The number of rotatable bonds is 0.